The monoisotopic (exact) mass is 309 g/mol. The summed E-state index contributed by atoms with van der Waals surface area (Å²) < 4.78 is 10.8. The van der Waals surface area contributed by atoms with Crippen molar-refractivity contribution >= 4 is 16.9 Å². The Balaban J connectivity index is 2.37. The maximum Gasteiger partial charge on any atom is 0.335 e. The molecule has 5 heteroatoms. The van der Waals surface area contributed by atoms with E-state index in [2.05, 4.69) is 4.98 Å². The van der Waals surface area contributed by atoms with Crippen molar-refractivity contribution in [3.8, 4) is 22.6 Å². The summed E-state index contributed by atoms with van der Waals surface area (Å²) in [7, 11) is 3.01. The minimum atomic E-state index is -1.03. The van der Waals surface area contributed by atoms with Gasteiger partial charge in [0.1, 0.15) is 0 Å². The molecule has 0 saturated heterocycles. The second-order valence-electron chi connectivity index (χ2n) is 4.95. The van der Waals surface area contributed by atoms with Crippen LogP contribution < -0.4 is 9.47 Å². The molecule has 0 spiro atoms. The first-order chi connectivity index (χ1) is 11.2. The quantitative estimate of drug-likeness (QED) is 0.797. The van der Waals surface area contributed by atoms with Crippen molar-refractivity contribution in [1.82, 2.24) is 4.98 Å². The van der Waals surface area contributed by atoms with Gasteiger partial charge in [0.25, 0.3) is 0 Å². The van der Waals surface area contributed by atoms with Crippen molar-refractivity contribution in [2.24, 2.45) is 0 Å². The zero-order valence-corrected chi connectivity index (χ0v) is 12.7. The number of hydrogen-bond donors (Lipinski definition) is 1. The number of carboxylic acids is 1. The highest BCUT2D eigenvalue weighted by molar-refractivity contribution is 5.98. The molecule has 3 aromatic rings. The first-order valence-corrected chi connectivity index (χ1v) is 6.99. The van der Waals surface area contributed by atoms with E-state index < -0.39 is 5.97 Å². The summed E-state index contributed by atoms with van der Waals surface area (Å²) in [4.78, 5) is 15.8. The van der Waals surface area contributed by atoms with Gasteiger partial charge in [-0.25, -0.2) is 4.79 Å². The van der Waals surface area contributed by atoms with E-state index in [-0.39, 0.29) is 5.56 Å². The lowest BCUT2D eigenvalue weighted by atomic mass is 9.98. The molecule has 0 fully saturated rings. The van der Waals surface area contributed by atoms with Crippen LogP contribution in [0.25, 0.3) is 22.0 Å². The van der Waals surface area contributed by atoms with E-state index in [1.54, 1.807) is 12.3 Å². The van der Waals surface area contributed by atoms with Crippen molar-refractivity contribution in [3.63, 3.8) is 0 Å². The molecule has 116 valence electrons. The number of ether oxygens (including phenoxy) is 2. The van der Waals surface area contributed by atoms with Crippen molar-refractivity contribution in [2.45, 2.75) is 0 Å². The van der Waals surface area contributed by atoms with Gasteiger partial charge in [-0.2, -0.15) is 0 Å². The highest BCUT2D eigenvalue weighted by Gasteiger charge is 2.18. The van der Waals surface area contributed by atoms with Gasteiger partial charge < -0.3 is 14.6 Å². The van der Waals surface area contributed by atoms with Crippen molar-refractivity contribution in [3.05, 3.63) is 54.2 Å². The molecule has 0 bridgehead atoms. The molecule has 23 heavy (non-hydrogen) atoms. The number of rotatable bonds is 4. The number of para-hydroxylation sites is 1. The van der Waals surface area contributed by atoms with Gasteiger partial charge in [-0.3, -0.25) is 4.98 Å². The lowest BCUT2D eigenvalue weighted by Gasteiger charge is -2.15. The average molecular weight is 309 g/mol. The molecule has 0 aliphatic heterocycles. The number of pyridine rings is 1. The fourth-order valence-corrected chi connectivity index (χ4v) is 2.61. The molecule has 1 N–H and O–H groups in total. The molecule has 3 rings (SSSR count). The highest BCUT2D eigenvalue weighted by Crippen LogP contribution is 2.41. The van der Waals surface area contributed by atoms with Crippen LogP contribution in [-0.4, -0.2) is 30.3 Å². The predicted molar refractivity (Wildman–Crippen MR) is 87.2 cm³/mol. The van der Waals surface area contributed by atoms with E-state index in [0.717, 1.165) is 16.5 Å². The summed E-state index contributed by atoms with van der Waals surface area (Å²) in [6, 6.07) is 12.6. The largest absolute Gasteiger partial charge is 0.493 e. The van der Waals surface area contributed by atoms with Crippen LogP contribution in [0.4, 0.5) is 0 Å². The molecule has 1 aromatic heterocycles. The number of benzene rings is 2. The molecule has 0 saturated carbocycles. The van der Waals surface area contributed by atoms with Gasteiger partial charge in [0.05, 0.1) is 25.3 Å². The molecular formula is C18H15NO4. The Labute approximate surface area is 133 Å². The minimum absolute atomic E-state index is 0.130. The van der Waals surface area contributed by atoms with Gasteiger partial charge in [0, 0.05) is 22.7 Å². The lowest BCUT2D eigenvalue weighted by Crippen LogP contribution is -2.01. The van der Waals surface area contributed by atoms with Crippen molar-refractivity contribution in [1.29, 1.82) is 0 Å². The third-order valence-corrected chi connectivity index (χ3v) is 3.65. The molecule has 1 heterocycles. The fraction of sp³-hybridized carbons (Fsp3) is 0.111. The van der Waals surface area contributed by atoms with Crippen molar-refractivity contribution < 1.29 is 19.4 Å². The normalized spacial score (nSPS) is 10.5. The summed E-state index contributed by atoms with van der Waals surface area (Å²) in [6.45, 7) is 0. The summed E-state index contributed by atoms with van der Waals surface area (Å²) >= 11 is 0. The second kappa shape index (κ2) is 5.96. The van der Waals surface area contributed by atoms with Crippen LogP contribution in [0, 0.1) is 0 Å². The number of hydrogen-bond acceptors (Lipinski definition) is 4. The Morgan fingerprint density at radius 1 is 1.04 bits per heavy atom. The van der Waals surface area contributed by atoms with Gasteiger partial charge >= 0.3 is 5.97 Å². The molecular weight excluding hydrogens is 294 g/mol. The SMILES string of the molecule is COc1cc(C(=O)O)cc(-c2cccc3cccnc23)c1OC. The van der Waals surface area contributed by atoms with Gasteiger partial charge in [0.2, 0.25) is 0 Å². The van der Waals surface area contributed by atoms with Crippen LogP contribution in [0.15, 0.2) is 48.7 Å². The topological polar surface area (TPSA) is 68.7 Å². The number of nitrogens with zero attached hydrogens (tertiary/aromatic N) is 1. The molecule has 0 unspecified atom stereocenters. The summed E-state index contributed by atoms with van der Waals surface area (Å²) in [5.41, 5.74) is 2.33. The molecule has 0 amide bonds. The Kier molecular flexibility index (Phi) is 3.85. The van der Waals surface area contributed by atoms with Gasteiger partial charge in [0.15, 0.2) is 11.5 Å². The number of aromatic nitrogens is 1. The molecule has 0 atom stereocenters. The summed E-state index contributed by atoms with van der Waals surface area (Å²) in [5, 5.41) is 10.3. The predicted octanol–water partition coefficient (Wildman–Crippen LogP) is 3.62. The van der Waals surface area contributed by atoms with Gasteiger partial charge in [-0.1, -0.05) is 24.3 Å². The second-order valence-corrected chi connectivity index (χ2v) is 4.95. The van der Waals surface area contributed by atoms with Crippen LogP contribution in [0.2, 0.25) is 0 Å². The first-order valence-electron chi connectivity index (χ1n) is 6.99. The summed E-state index contributed by atoms with van der Waals surface area (Å²) in [5.74, 6) is -0.175. The smallest absolute Gasteiger partial charge is 0.335 e. The van der Waals surface area contributed by atoms with E-state index in [9.17, 15) is 9.90 Å². The molecule has 0 aliphatic rings. The Hall–Kier alpha value is -3.08. The van der Waals surface area contributed by atoms with E-state index in [1.165, 1.54) is 20.3 Å². The third kappa shape index (κ3) is 2.57. The summed E-state index contributed by atoms with van der Waals surface area (Å²) in [6.07, 6.45) is 1.70. The van der Waals surface area contributed by atoms with E-state index in [1.807, 2.05) is 30.3 Å². The van der Waals surface area contributed by atoms with Crippen LogP contribution in [0.3, 0.4) is 0 Å². The highest BCUT2D eigenvalue weighted by atomic mass is 16.5. The molecule has 5 nitrogen and oxygen atoms in total. The number of aromatic carboxylic acids is 1. The van der Waals surface area contributed by atoms with Gasteiger partial charge in [-0.05, 0) is 18.2 Å². The Bertz CT molecular complexity index is 884. The number of carboxylic acid groups (broad SMARTS) is 1. The molecule has 0 radical (unpaired) electrons. The lowest BCUT2D eigenvalue weighted by molar-refractivity contribution is 0.0696. The standard InChI is InChI=1S/C18H15NO4/c1-22-15-10-12(18(20)21)9-14(17(15)23-2)13-7-3-5-11-6-4-8-19-16(11)13/h3-10H,1-2H3,(H,20,21). The average Bonchev–Trinajstić information content (AvgIpc) is 2.59. The van der Waals surface area contributed by atoms with Crippen LogP contribution >= 0.6 is 0 Å². The number of methoxy groups -OCH3 is 2. The zero-order valence-electron chi connectivity index (χ0n) is 12.7. The van der Waals surface area contributed by atoms with E-state index >= 15 is 0 Å². The van der Waals surface area contributed by atoms with Crippen LogP contribution in [0.1, 0.15) is 10.4 Å². The first kappa shape index (κ1) is 14.8. The third-order valence-electron chi connectivity index (χ3n) is 3.65. The van der Waals surface area contributed by atoms with Crippen LogP contribution in [0.5, 0.6) is 11.5 Å². The van der Waals surface area contributed by atoms with E-state index in [4.69, 9.17) is 9.47 Å². The fourth-order valence-electron chi connectivity index (χ4n) is 2.61. The number of fused-ring (bicyclic) bond motifs is 1. The molecule has 0 aliphatic carbocycles. The van der Waals surface area contributed by atoms with Gasteiger partial charge in [-0.15, -0.1) is 0 Å². The minimum Gasteiger partial charge on any atom is -0.493 e. The Morgan fingerprint density at radius 2 is 1.83 bits per heavy atom. The van der Waals surface area contributed by atoms with E-state index in [0.29, 0.717) is 17.1 Å². The van der Waals surface area contributed by atoms with Crippen LogP contribution in [-0.2, 0) is 0 Å². The Morgan fingerprint density at radius 3 is 2.52 bits per heavy atom. The zero-order chi connectivity index (χ0) is 16.4. The number of carbonyl (C=O) groups is 1. The maximum atomic E-state index is 11.4. The maximum absolute atomic E-state index is 11.4. The molecule has 2 aromatic carbocycles. The van der Waals surface area contributed by atoms with Crippen molar-refractivity contribution in [2.75, 3.05) is 14.2 Å².